The van der Waals surface area contributed by atoms with Crippen LogP contribution in [0.5, 0.6) is 0 Å². The highest BCUT2D eigenvalue weighted by Gasteiger charge is 2.32. The van der Waals surface area contributed by atoms with Crippen molar-refractivity contribution in [2.45, 2.75) is 59.3 Å². The number of hydrogen-bond acceptors (Lipinski definition) is 7. The Morgan fingerprint density at radius 3 is 2.36 bits per heavy atom. The molecule has 0 aliphatic heterocycles. The van der Waals surface area contributed by atoms with Crippen LogP contribution in [-0.4, -0.2) is 41.3 Å². The van der Waals surface area contributed by atoms with Crippen LogP contribution >= 0.6 is 12.4 Å². The minimum Gasteiger partial charge on any atom is -0.456 e. The number of rotatable bonds is 9. The van der Waals surface area contributed by atoms with Crippen molar-refractivity contribution < 1.29 is 14.6 Å². The minimum absolute atomic E-state index is 0. The van der Waals surface area contributed by atoms with Crippen LogP contribution in [0.3, 0.4) is 0 Å². The number of aliphatic hydroxyl groups is 1. The number of H-pyrrole nitrogens is 1. The highest BCUT2D eigenvalue weighted by Crippen LogP contribution is 2.30. The lowest BCUT2D eigenvalue weighted by Gasteiger charge is -2.21. The van der Waals surface area contributed by atoms with Crippen LogP contribution in [0.15, 0.2) is 48.5 Å². The molecule has 2 aromatic carbocycles. The monoisotopic (exact) mass is 510 g/mol. The van der Waals surface area contributed by atoms with Crippen molar-refractivity contribution in [3.05, 3.63) is 71.3 Å². The third-order valence-corrected chi connectivity index (χ3v) is 5.77. The fourth-order valence-electron chi connectivity index (χ4n) is 4.23. The van der Waals surface area contributed by atoms with Gasteiger partial charge in [0.2, 0.25) is 0 Å². The van der Waals surface area contributed by atoms with Gasteiger partial charge in [-0.25, -0.2) is 14.9 Å². The molecular formula is C26H31ClN6O3. The zero-order chi connectivity index (χ0) is 25.0. The third-order valence-electron chi connectivity index (χ3n) is 5.77. The van der Waals surface area contributed by atoms with E-state index in [2.05, 4.69) is 32.5 Å². The molecular weight excluding hydrogens is 480 g/mol. The number of aromatic amines is 1. The Hall–Kier alpha value is -3.56. The van der Waals surface area contributed by atoms with Crippen molar-refractivity contribution in [2.24, 2.45) is 0 Å². The maximum absolute atomic E-state index is 13.0. The molecule has 190 valence electrons. The number of esters is 1. The van der Waals surface area contributed by atoms with Gasteiger partial charge in [-0.15, -0.1) is 17.5 Å². The molecule has 0 spiro atoms. The molecule has 0 atom stereocenters. The van der Waals surface area contributed by atoms with Gasteiger partial charge in [0.05, 0.1) is 5.69 Å². The second kappa shape index (κ2) is 11.5. The van der Waals surface area contributed by atoms with E-state index in [1.165, 1.54) is 0 Å². The van der Waals surface area contributed by atoms with Gasteiger partial charge >= 0.3 is 5.97 Å². The molecule has 4 rings (SSSR count). The molecule has 0 aliphatic rings. The van der Waals surface area contributed by atoms with E-state index in [1.807, 2.05) is 60.0 Å². The number of carbonyl (C=O) groups is 1. The largest absolute Gasteiger partial charge is 0.456 e. The summed E-state index contributed by atoms with van der Waals surface area (Å²) in [4.78, 5) is 17.6. The second-order valence-electron chi connectivity index (χ2n) is 8.85. The zero-order valence-corrected chi connectivity index (χ0v) is 21.7. The molecule has 0 fully saturated rings. The number of aryl methyl sites for hydroxylation is 1. The molecule has 2 aromatic heterocycles. The predicted octanol–water partition coefficient (Wildman–Crippen LogP) is 4.71. The van der Waals surface area contributed by atoms with E-state index < -0.39 is 11.6 Å². The van der Waals surface area contributed by atoms with Crippen molar-refractivity contribution in [1.29, 1.82) is 0 Å². The van der Waals surface area contributed by atoms with Gasteiger partial charge < -0.3 is 14.4 Å². The summed E-state index contributed by atoms with van der Waals surface area (Å²) in [5.74, 6) is 0.832. The number of benzene rings is 2. The first-order valence-corrected chi connectivity index (χ1v) is 11.7. The average Bonchev–Trinajstić information content (AvgIpc) is 3.51. The number of hydrogen-bond donors (Lipinski definition) is 2. The van der Waals surface area contributed by atoms with Crippen LogP contribution in [0, 0.1) is 0 Å². The highest BCUT2D eigenvalue weighted by molar-refractivity contribution is 5.89. The fraction of sp³-hybridized carbons (Fsp3) is 0.346. The first-order chi connectivity index (χ1) is 16.8. The van der Waals surface area contributed by atoms with Gasteiger partial charge in [-0.2, -0.15) is 0 Å². The lowest BCUT2D eigenvalue weighted by Crippen LogP contribution is -2.25. The van der Waals surface area contributed by atoms with E-state index in [9.17, 15) is 9.90 Å². The normalized spacial score (nSPS) is 11.2. The van der Waals surface area contributed by atoms with E-state index in [1.54, 1.807) is 13.8 Å². The topological polar surface area (TPSA) is 119 Å². The maximum atomic E-state index is 13.0. The molecule has 0 bridgehead atoms. The predicted molar refractivity (Wildman–Crippen MR) is 139 cm³/mol. The van der Waals surface area contributed by atoms with E-state index in [0.717, 1.165) is 40.9 Å². The molecule has 4 aromatic rings. The van der Waals surface area contributed by atoms with Crippen LogP contribution < -0.4 is 0 Å². The van der Waals surface area contributed by atoms with Gasteiger partial charge in [-0.1, -0.05) is 55.5 Å². The summed E-state index contributed by atoms with van der Waals surface area (Å²) in [6, 6.07) is 15.6. The third kappa shape index (κ3) is 5.63. The molecule has 9 nitrogen and oxygen atoms in total. The second-order valence-corrected chi connectivity index (χ2v) is 8.85. The van der Waals surface area contributed by atoms with Gasteiger partial charge in [0.15, 0.2) is 11.5 Å². The molecule has 0 aliphatic carbocycles. The van der Waals surface area contributed by atoms with Gasteiger partial charge in [0.25, 0.3) is 0 Å². The van der Waals surface area contributed by atoms with Crippen LogP contribution in [0.1, 0.15) is 61.7 Å². The van der Waals surface area contributed by atoms with Gasteiger partial charge in [-0.3, -0.25) is 0 Å². The Morgan fingerprint density at radius 2 is 1.78 bits per heavy atom. The van der Waals surface area contributed by atoms with Crippen LogP contribution in [-0.2, 0) is 29.9 Å². The van der Waals surface area contributed by atoms with Crippen LogP contribution in [0.25, 0.3) is 22.5 Å². The number of nitrogens with one attached hydrogen (secondary N) is 1. The Balaban J connectivity index is 0.00000361. The maximum Gasteiger partial charge on any atom is 0.359 e. The van der Waals surface area contributed by atoms with E-state index in [0.29, 0.717) is 18.1 Å². The van der Waals surface area contributed by atoms with Crippen molar-refractivity contribution in [3.63, 3.8) is 0 Å². The van der Waals surface area contributed by atoms with Gasteiger partial charge in [-0.05, 0) is 54.3 Å². The SMILES string of the molecule is CCCc1nc(C(=O)OCc2ccc(-c3ccccc3-c3nnn[nH]3)cc2)c(C(C)(C)O)n1CC.Cl. The van der Waals surface area contributed by atoms with Crippen LogP contribution in [0.2, 0.25) is 0 Å². The Kier molecular flexibility index (Phi) is 8.60. The van der Waals surface area contributed by atoms with E-state index >= 15 is 0 Å². The first-order valence-electron chi connectivity index (χ1n) is 11.7. The fourth-order valence-corrected chi connectivity index (χ4v) is 4.23. The van der Waals surface area contributed by atoms with E-state index in [-0.39, 0.29) is 24.7 Å². The van der Waals surface area contributed by atoms with Crippen molar-refractivity contribution in [1.82, 2.24) is 30.2 Å². The highest BCUT2D eigenvalue weighted by atomic mass is 35.5. The lowest BCUT2D eigenvalue weighted by atomic mass is 9.98. The molecule has 2 heterocycles. The standard InChI is InChI=1S/C26H30N6O3.ClH/c1-5-9-21-27-22(23(26(3,4)34)32(21)6-2)25(33)35-16-17-12-14-18(15-13-17)19-10-7-8-11-20(19)24-28-30-31-29-24;/h7-8,10-15,34H,5-6,9,16H2,1-4H3,(H,28,29,30,31);1H. The molecule has 10 heteroatoms. The van der Waals surface area contributed by atoms with Crippen LogP contribution in [0.4, 0.5) is 0 Å². The molecule has 0 saturated heterocycles. The number of aromatic nitrogens is 6. The average molecular weight is 511 g/mol. The summed E-state index contributed by atoms with van der Waals surface area (Å²) in [5.41, 5.74) is 3.15. The smallest absolute Gasteiger partial charge is 0.359 e. The summed E-state index contributed by atoms with van der Waals surface area (Å²) >= 11 is 0. The van der Waals surface area contributed by atoms with Crippen molar-refractivity contribution in [2.75, 3.05) is 0 Å². The van der Waals surface area contributed by atoms with Gasteiger partial charge in [0.1, 0.15) is 18.0 Å². The summed E-state index contributed by atoms with van der Waals surface area (Å²) in [5, 5.41) is 24.9. The minimum atomic E-state index is -1.22. The molecule has 2 N–H and O–H groups in total. The number of carbonyl (C=O) groups excluding carboxylic acids is 1. The molecule has 0 saturated carbocycles. The van der Waals surface area contributed by atoms with Crippen molar-refractivity contribution in [3.8, 4) is 22.5 Å². The molecule has 0 radical (unpaired) electrons. The summed E-state index contributed by atoms with van der Waals surface area (Å²) in [6.45, 7) is 8.06. The number of nitrogens with zero attached hydrogens (tertiary/aromatic N) is 5. The van der Waals surface area contributed by atoms with Crippen molar-refractivity contribution >= 4 is 18.4 Å². The van der Waals surface area contributed by atoms with E-state index in [4.69, 9.17) is 4.74 Å². The number of tetrazole rings is 1. The summed E-state index contributed by atoms with van der Waals surface area (Å²) in [7, 11) is 0. The Labute approximate surface area is 216 Å². The molecule has 0 amide bonds. The Bertz CT molecular complexity index is 1290. The summed E-state index contributed by atoms with van der Waals surface area (Å²) in [6.07, 6.45) is 1.61. The zero-order valence-electron chi connectivity index (χ0n) is 20.9. The summed E-state index contributed by atoms with van der Waals surface area (Å²) < 4.78 is 7.52. The first kappa shape index (κ1) is 27.0. The quantitative estimate of drug-likeness (QED) is 0.313. The molecule has 36 heavy (non-hydrogen) atoms. The number of imidazole rings is 1. The number of halogens is 1. The Morgan fingerprint density at radius 1 is 1.08 bits per heavy atom. The number of ether oxygens (including phenoxy) is 1. The molecule has 0 unspecified atom stereocenters. The lowest BCUT2D eigenvalue weighted by molar-refractivity contribution is 0.0421. The van der Waals surface area contributed by atoms with Gasteiger partial charge in [0, 0.05) is 18.5 Å².